The van der Waals surface area contributed by atoms with Crippen LogP contribution in [0.3, 0.4) is 0 Å². The summed E-state index contributed by atoms with van der Waals surface area (Å²) in [5, 5.41) is 3.82. The van der Waals surface area contributed by atoms with Crippen molar-refractivity contribution in [3.8, 4) is 0 Å². The third kappa shape index (κ3) is 5.07. The van der Waals surface area contributed by atoms with Gasteiger partial charge in [0.25, 0.3) is 0 Å². The van der Waals surface area contributed by atoms with Crippen LogP contribution < -0.4 is 5.32 Å². The molecule has 2 nitrogen and oxygen atoms in total. The van der Waals surface area contributed by atoms with Crippen LogP contribution in [0.15, 0.2) is 0 Å². The number of hydrogen-bond acceptors (Lipinski definition) is 2. The molecule has 0 aromatic rings. The predicted molar refractivity (Wildman–Crippen MR) is 85.6 cm³/mol. The van der Waals surface area contributed by atoms with Gasteiger partial charge in [0.2, 0.25) is 0 Å². The minimum absolute atomic E-state index is 0.673. The van der Waals surface area contributed by atoms with E-state index in [-0.39, 0.29) is 0 Å². The van der Waals surface area contributed by atoms with Crippen molar-refractivity contribution in [3.63, 3.8) is 0 Å². The molecular weight excluding hydrogens is 232 g/mol. The molecule has 1 aliphatic rings. The second kappa shape index (κ2) is 8.97. The minimum atomic E-state index is 0.673. The SMILES string of the molecule is CCCNC1CCC(CC)CC1N(CCC)C(C)C. The van der Waals surface area contributed by atoms with E-state index in [1.54, 1.807) is 0 Å². The van der Waals surface area contributed by atoms with Gasteiger partial charge in [-0.05, 0) is 65.0 Å². The van der Waals surface area contributed by atoms with Gasteiger partial charge in [-0.15, -0.1) is 0 Å². The predicted octanol–water partition coefficient (Wildman–Crippen LogP) is 4.05. The minimum Gasteiger partial charge on any atom is -0.312 e. The van der Waals surface area contributed by atoms with Gasteiger partial charge in [0, 0.05) is 18.1 Å². The molecule has 3 atom stereocenters. The molecule has 0 aromatic heterocycles. The summed E-state index contributed by atoms with van der Waals surface area (Å²) >= 11 is 0. The summed E-state index contributed by atoms with van der Waals surface area (Å²) in [6, 6.07) is 2.15. The Morgan fingerprint density at radius 2 is 1.84 bits per heavy atom. The van der Waals surface area contributed by atoms with E-state index < -0.39 is 0 Å². The van der Waals surface area contributed by atoms with Crippen LogP contribution in [0, 0.1) is 5.92 Å². The highest BCUT2D eigenvalue weighted by Gasteiger charge is 2.34. The normalized spacial score (nSPS) is 28.3. The van der Waals surface area contributed by atoms with Gasteiger partial charge in [-0.1, -0.05) is 27.2 Å². The Morgan fingerprint density at radius 3 is 2.37 bits per heavy atom. The zero-order valence-electron chi connectivity index (χ0n) is 13.9. The third-order valence-electron chi connectivity index (χ3n) is 4.73. The van der Waals surface area contributed by atoms with E-state index >= 15 is 0 Å². The van der Waals surface area contributed by atoms with Crippen LogP contribution in [-0.4, -0.2) is 36.1 Å². The number of nitrogens with one attached hydrogen (secondary N) is 1. The van der Waals surface area contributed by atoms with E-state index in [9.17, 15) is 0 Å². The lowest BCUT2D eigenvalue weighted by Crippen LogP contribution is -2.55. The van der Waals surface area contributed by atoms with Gasteiger partial charge in [-0.25, -0.2) is 0 Å². The van der Waals surface area contributed by atoms with Crippen LogP contribution in [0.5, 0.6) is 0 Å². The quantitative estimate of drug-likeness (QED) is 0.714. The molecule has 3 unspecified atom stereocenters. The first-order valence-corrected chi connectivity index (χ1v) is 8.63. The summed E-state index contributed by atoms with van der Waals surface area (Å²) in [7, 11) is 0. The van der Waals surface area contributed by atoms with E-state index in [1.807, 2.05) is 0 Å². The van der Waals surface area contributed by atoms with Crippen molar-refractivity contribution < 1.29 is 0 Å². The smallest absolute Gasteiger partial charge is 0.0254 e. The maximum absolute atomic E-state index is 3.82. The Kier molecular flexibility index (Phi) is 8.01. The standard InChI is InChI=1S/C17H36N2/c1-6-11-18-16-10-9-15(8-3)13-17(16)19(12-7-2)14(4)5/h14-18H,6-13H2,1-5H3. The maximum atomic E-state index is 3.82. The number of hydrogen-bond donors (Lipinski definition) is 1. The summed E-state index contributed by atoms with van der Waals surface area (Å²) in [5.74, 6) is 0.947. The van der Waals surface area contributed by atoms with Crippen molar-refractivity contribution in [1.82, 2.24) is 10.2 Å². The van der Waals surface area contributed by atoms with Crippen molar-refractivity contribution in [2.45, 2.75) is 91.3 Å². The first-order valence-electron chi connectivity index (χ1n) is 8.63. The first-order chi connectivity index (χ1) is 9.13. The zero-order chi connectivity index (χ0) is 14.3. The maximum Gasteiger partial charge on any atom is 0.0254 e. The Bertz CT molecular complexity index is 227. The highest BCUT2D eigenvalue weighted by atomic mass is 15.2. The van der Waals surface area contributed by atoms with Gasteiger partial charge in [0.05, 0.1) is 0 Å². The highest BCUT2D eigenvalue weighted by Crippen LogP contribution is 2.31. The lowest BCUT2D eigenvalue weighted by atomic mass is 9.79. The van der Waals surface area contributed by atoms with E-state index in [0.29, 0.717) is 6.04 Å². The molecule has 2 heteroatoms. The lowest BCUT2D eigenvalue weighted by Gasteiger charge is -2.45. The van der Waals surface area contributed by atoms with Gasteiger partial charge >= 0.3 is 0 Å². The van der Waals surface area contributed by atoms with Gasteiger partial charge in [0.1, 0.15) is 0 Å². The van der Waals surface area contributed by atoms with Crippen molar-refractivity contribution >= 4 is 0 Å². The molecule has 0 saturated heterocycles. The molecule has 1 rings (SSSR count). The Balaban J connectivity index is 2.72. The third-order valence-corrected chi connectivity index (χ3v) is 4.73. The van der Waals surface area contributed by atoms with Crippen molar-refractivity contribution in [2.75, 3.05) is 13.1 Å². The second-order valence-electron chi connectivity index (χ2n) is 6.55. The molecule has 19 heavy (non-hydrogen) atoms. The first kappa shape index (κ1) is 17.0. The molecule has 1 fully saturated rings. The largest absolute Gasteiger partial charge is 0.312 e. The van der Waals surface area contributed by atoms with Crippen molar-refractivity contribution in [3.05, 3.63) is 0 Å². The van der Waals surface area contributed by atoms with E-state index in [1.165, 1.54) is 51.6 Å². The molecule has 0 spiro atoms. The van der Waals surface area contributed by atoms with Crippen LogP contribution in [0.4, 0.5) is 0 Å². The topological polar surface area (TPSA) is 15.3 Å². The molecule has 0 amide bonds. The highest BCUT2D eigenvalue weighted by molar-refractivity contribution is 4.92. The van der Waals surface area contributed by atoms with Crippen molar-refractivity contribution in [1.29, 1.82) is 0 Å². The van der Waals surface area contributed by atoms with Gasteiger partial charge in [0.15, 0.2) is 0 Å². The molecule has 0 heterocycles. The fourth-order valence-corrected chi connectivity index (χ4v) is 3.60. The molecule has 0 aliphatic heterocycles. The molecule has 1 aliphatic carbocycles. The van der Waals surface area contributed by atoms with E-state index in [2.05, 4.69) is 44.8 Å². The summed E-state index contributed by atoms with van der Waals surface area (Å²) in [6.45, 7) is 14.1. The number of nitrogens with zero attached hydrogens (tertiary/aromatic N) is 1. The molecule has 114 valence electrons. The Labute approximate surface area is 121 Å². The van der Waals surface area contributed by atoms with E-state index in [4.69, 9.17) is 0 Å². The molecular formula is C17H36N2. The summed E-state index contributed by atoms with van der Waals surface area (Å²) < 4.78 is 0. The molecule has 0 aromatic carbocycles. The molecule has 1 saturated carbocycles. The van der Waals surface area contributed by atoms with Crippen molar-refractivity contribution in [2.24, 2.45) is 5.92 Å². The van der Waals surface area contributed by atoms with Gasteiger partial charge in [-0.3, -0.25) is 4.90 Å². The zero-order valence-corrected chi connectivity index (χ0v) is 13.9. The summed E-state index contributed by atoms with van der Waals surface area (Å²) in [5.41, 5.74) is 0. The average Bonchev–Trinajstić information content (AvgIpc) is 2.42. The Morgan fingerprint density at radius 1 is 1.11 bits per heavy atom. The lowest BCUT2D eigenvalue weighted by molar-refractivity contribution is 0.0703. The molecule has 0 radical (unpaired) electrons. The van der Waals surface area contributed by atoms with Gasteiger partial charge < -0.3 is 5.32 Å². The fourth-order valence-electron chi connectivity index (χ4n) is 3.60. The molecule has 1 N–H and O–H groups in total. The molecule has 0 bridgehead atoms. The number of rotatable bonds is 8. The van der Waals surface area contributed by atoms with Gasteiger partial charge in [-0.2, -0.15) is 0 Å². The van der Waals surface area contributed by atoms with Crippen LogP contribution in [-0.2, 0) is 0 Å². The second-order valence-corrected chi connectivity index (χ2v) is 6.55. The fraction of sp³-hybridized carbons (Fsp3) is 1.00. The van der Waals surface area contributed by atoms with Crippen LogP contribution in [0.25, 0.3) is 0 Å². The Hall–Kier alpha value is -0.0800. The summed E-state index contributed by atoms with van der Waals surface area (Å²) in [6.07, 6.45) is 8.06. The monoisotopic (exact) mass is 268 g/mol. The van der Waals surface area contributed by atoms with E-state index in [0.717, 1.165) is 18.0 Å². The van der Waals surface area contributed by atoms with Crippen LogP contribution in [0.1, 0.15) is 73.1 Å². The van der Waals surface area contributed by atoms with Crippen LogP contribution >= 0.6 is 0 Å². The van der Waals surface area contributed by atoms with Crippen LogP contribution in [0.2, 0.25) is 0 Å². The summed E-state index contributed by atoms with van der Waals surface area (Å²) in [4.78, 5) is 2.76. The average molecular weight is 268 g/mol.